The van der Waals surface area contributed by atoms with Crippen molar-refractivity contribution < 1.29 is 4.74 Å². The van der Waals surface area contributed by atoms with Gasteiger partial charge in [-0.3, -0.25) is 4.57 Å². The van der Waals surface area contributed by atoms with Crippen molar-refractivity contribution in [2.45, 2.75) is 38.3 Å². The summed E-state index contributed by atoms with van der Waals surface area (Å²) >= 11 is 0. The van der Waals surface area contributed by atoms with Crippen molar-refractivity contribution in [3.8, 4) is 0 Å². The van der Waals surface area contributed by atoms with E-state index in [-0.39, 0.29) is 5.69 Å². The van der Waals surface area contributed by atoms with E-state index in [9.17, 15) is 4.79 Å². The molecule has 2 rings (SSSR count). The molecule has 0 aromatic carbocycles. The highest BCUT2D eigenvalue weighted by Crippen LogP contribution is 2.16. The van der Waals surface area contributed by atoms with Crippen LogP contribution in [0.3, 0.4) is 0 Å². The molecule has 0 aliphatic carbocycles. The summed E-state index contributed by atoms with van der Waals surface area (Å²) in [6.07, 6.45) is 8.10. The number of hydrogen-bond acceptors (Lipinski definition) is 3. The smallest absolute Gasteiger partial charge is 0.347 e. The van der Waals surface area contributed by atoms with Gasteiger partial charge < -0.3 is 4.74 Å². The summed E-state index contributed by atoms with van der Waals surface area (Å²) in [5, 5.41) is 0. The molecular formula is C11H16N2O2. The number of aromatic nitrogens is 2. The van der Waals surface area contributed by atoms with Gasteiger partial charge in [-0.25, -0.2) is 9.78 Å². The van der Waals surface area contributed by atoms with Crippen LogP contribution >= 0.6 is 0 Å². The van der Waals surface area contributed by atoms with Crippen molar-refractivity contribution in [2.75, 3.05) is 6.61 Å². The van der Waals surface area contributed by atoms with Gasteiger partial charge in [0.05, 0.1) is 6.10 Å². The van der Waals surface area contributed by atoms with E-state index in [4.69, 9.17) is 4.74 Å². The highest BCUT2D eigenvalue weighted by Gasteiger charge is 2.14. The van der Waals surface area contributed by atoms with Crippen LogP contribution in [0.25, 0.3) is 0 Å². The summed E-state index contributed by atoms with van der Waals surface area (Å²) in [7, 11) is 0. The summed E-state index contributed by atoms with van der Waals surface area (Å²) in [5.41, 5.74) is -0.162. The Bertz CT molecular complexity index is 356. The van der Waals surface area contributed by atoms with Crippen molar-refractivity contribution >= 4 is 0 Å². The third-order valence-corrected chi connectivity index (χ3v) is 2.73. The molecule has 1 unspecified atom stereocenters. The minimum atomic E-state index is -0.162. The quantitative estimate of drug-likeness (QED) is 0.746. The zero-order valence-electron chi connectivity index (χ0n) is 8.76. The molecule has 1 atom stereocenters. The van der Waals surface area contributed by atoms with E-state index in [0.717, 1.165) is 26.0 Å². The van der Waals surface area contributed by atoms with Gasteiger partial charge in [0.15, 0.2) is 0 Å². The summed E-state index contributed by atoms with van der Waals surface area (Å²) < 4.78 is 7.17. The second kappa shape index (κ2) is 5.07. The molecule has 1 aliphatic rings. The fourth-order valence-electron chi connectivity index (χ4n) is 1.92. The molecule has 15 heavy (non-hydrogen) atoms. The van der Waals surface area contributed by atoms with Gasteiger partial charge in [-0.05, 0) is 31.7 Å². The first-order valence-electron chi connectivity index (χ1n) is 5.49. The van der Waals surface area contributed by atoms with Crippen LogP contribution in [0.1, 0.15) is 25.7 Å². The number of aryl methyl sites for hydroxylation is 1. The predicted octanol–water partition coefficient (Wildman–Crippen LogP) is 1.20. The maximum Gasteiger partial charge on any atom is 0.347 e. The van der Waals surface area contributed by atoms with Crippen molar-refractivity contribution in [1.29, 1.82) is 0 Å². The van der Waals surface area contributed by atoms with Crippen LogP contribution in [0.15, 0.2) is 23.3 Å². The molecule has 4 nitrogen and oxygen atoms in total. The lowest BCUT2D eigenvalue weighted by Gasteiger charge is -2.09. The Morgan fingerprint density at radius 1 is 1.60 bits per heavy atom. The Morgan fingerprint density at radius 2 is 2.53 bits per heavy atom. The zero-order valence-corrected chi connectivity index (χ0v) is 8.76. The molecule has 4 heteroatoms. The lowest BCUT2D eigenvalue weighted by Crippen LogP contribution is -2.22. The van der Waals surface area contributed by atoms with E-state index >= 15 is 0 Å². The summed E-state index contributed by atoms with van der Waals surface area (Å²) in [6, 6.07) is 1.79. The van der Waals surface area contributed by atoms with Crippen LogP contribution in [0.4, 0.5) is 0 Å². The Morgan fingerprint density at radius 3 is 3.27 bits per heavy atom. The van der Waals surface area contributed by atoms with Crippen molar-refractivity contribution in [2.24, 2.45) is 0 Å². The molecule has 0 amide bonds. The van der Waals surface area contributed by atoms with Crippen molar-refractivity contribution in [3.63, 3.8) is 0 Å². The van der Waals surface area contributed by atoms with Crippen LogP contribution < -0.4 is 5.69 Å². The number of nitrogens with zero attached hydrogens (tertiary/aromatic N) is 2. The lowest BCUT2D eigenvalue weighted by atomic mass is 10.1. The van der Waals surface area contributed by atoms with Crippen LogP contribution in [-0.2, 0) is 11.3 Å². The highest BCUT2D eigenvalue weighted by atomic mass is 16.5. The summed E-state index contributed by atoms with van der Waals surface area (Å²) in [5.74, 6) is 0. The molecule has 1 aromatic rings. The van der Waals surface area contributed by atoms with Gasteiger partial charge in [0, 0.05) is 25.5 Å². The zero-order chi connectivity index (χ0) is 10.5. The normalized spacial score (nSPS) is 20.7. The van der Waals surface area contributed by atoms with Gasteiger partial charge in [-0.2, -0.15) is 0 Å². The molecule has 0 bridgehead atoms. The second-order valence-electron chi connectivity index (χ2n) is 3.87. The molecule has 82 valence electrons. The molecule has 1 fully saturated rings. The monoisotopic (exact) mass is 208 g/mol. The lowest BCUT2D eigenvalue weighted by molar-refractivity contribution is 0.101. The fourth-order valence-corrected chi connectivity index (χ4v) is 1.92. The van der Waals surface area contributed by atoms with Gasteiger partial charge in [0.25, 0.3) is 0 Å². The maximum atomic E-state index is 11.3. The van der Waals surface area contributed by atoms with E-state index in [2.05, 4.69) is 4.98 Å². The molecule has 1 aromatic heterocycles. The third-order valence-electron chi connectivity index (χ3n) is 2.73. The molecule has 1 saturated heterocycles. The Hall–Kier alpha value is -1.16. The molecule has 0 spiro atoms. The van der Waals surface area contributed by atoms with Crippen LogP contribution in [-0.4, -0.2) is 22.3 Å². The second-order valence-corrected chi connectivity index (χ2v) is 3.87. The molecule has 1 aliphatic heterocycles. The molecular weight excluding hydrogens is 192 g/mol. The molecule has 0 N–H and O–H groups in total. The van der Waals surface area contributed by atoms with E-state index in [1.54, 1.807) is 16.8 Å². The molecule has 2 heterocycles. The van der Waals surface area contributed by atoms with Gasteiger partial charge in [-0.15, -0.1) is 0 Å². The first-order valence-corrected chi connectivity index (χ1v) is 5.49. The average Bonchev–Trinajstić information content (AvgIpc) is 2.74. The highest BCUT2D eigenvalue weighted by molar-refractivity contribution is 4.80. The Balaban J connectivity index is 1.78. The minimum absolute atomic E-state index is 0.162. The average molecular weight is 208 g/mol. The van der Waals surface area contributed by atoms with Gasteiger partial charge in [0.1, 0.15) is 0 Å². The van der Waals surface area contributed by atoms with Gasteiger partial charge >= 0.3 is 5.69 Å². The first-order chi connectivity index (χ1) is 7.36. The van der Waals surface area contributed by atoms with Crippen LogP contribution in [0, 0.1) is 0 Å². The van der Waals surface area contributed by atoms with E-state index in [1.807, 2.05) is 0 Å². The van der Waals surface area contributed by atoms with Crippen molar-refractivity contribution in [1.82, 2.24) is 9.55 Å². The maximum absolute atomic E-state index is 11.3. The standard InChI is InChI=1S/C11H16N2O2/c14-11-12-6-3-8-13(11)7-1-4-10-5-2-9-15-10/h3,6,8,10H,1-2,4-5,7,9H2. The Labute approximate surface area is 88.9 Å². The van der Waals surface area contributed by atoms with Crippen molar-refractivity contribution in [3.05, 3.63) is 28.9 Å². The summed E-state index contributed by atoms with van der Waals surface area (Å²) in [6.45, 7) is 1.64. The molecule has 0 saturated carbocycles. The largest absolute Gasteiger partial charge is 0.378 e. The number of ether oxygens (including phenoxy) is 1. The van der Waals surface area contributed by atoms with Crippen LogP contribution in [0.2, 0.25) is 0 Å². The fraction of sp³-hybridized carbons (Fsp3) is 0.636. The van der Waals surface area contributed by atoms with E-state index in [0.29, 0.717) is 6.10 Å². The number of rotatable bonds is 4. The van der Waals surface area contributed by atoms with E-state index in [1.165, 1.54) is 19.0 Å². The Kier molecular flexibility index (Phi) is 3.50. The minimum Gasteiger partial charge on any atom is -0.378 e. The predicted molar refractivity (Wildman–Crippen MR) is 56.7 cm³/mol. The third kappa shape index (κ3) is 2.89. The first kappa shape index (κ1) is 10.4. The topological polar surface area (TPSA) is 44.1 Å². The summed E-state index contributed by atoms with van der Waals surface area (Å²) in [4.78, 5) is 15.0. The van der Waals surface area contributed by atoms with Crippen LogP contribution in [0.5, 0.6) is 0 Å². The van der Waals surface area contributed by atoms with E-state index < -0.39 is 0 Å². The van der Waals surface area contributed by atoms with Gasteiger partial charge in [0.2, 0.25) is 0 Å². The number of hydrogen-bond donors (Lipinski definition) is 0. The molecule has 0 radical (unpaired) electrons. The SMILES string of the molecule is O=c1ncccn1CCCC1CCCO1. The van der Waals surface area contributed by atoms with Gasteiger partial charge in [-0.1, -0.05) is 0 Å².